The zero-order valence-electron chi connectivity index (χ0n) is 10.6. The van der Waals surface area contributed by atoms with Crippen LogP contribution in [0.5, 0.6) is 5.75 Å². The van der Waals surface area contributed by atoms with E-state index in [0.717, 1.165) is 5.56 Å². The molecule has 7 heteroatoms. The summed E-state index contributed by atoms with van der Waals surface area (Å²) in [6.45, 7) is 3.77. The molecule has 0 aliphatic heterocycles. The number of hydrogen-bond acceptors (Lipinski definition) is 4. The highest BCUT2D eigenvalue weighted by atomic mass is 35.5. The van der Waals surface area contributed by atoms with Gasteiger partial charge in [0.1, 0.15) is 5.75 Å². The van der Waals surface area contributed by atoms with Crippen molar-refractivity contribution in [3.05, 3.63) is 23.8 Å². The average molecular weight is 295 g/mol. The molecule has 0 heterocycles. The smallest absolute Gasteiger partial charge is 0.240 e. The van der Waals surface area contributed by atoms with Crippen LogP contribution in [0.4, 0.5) is 0 Å². The first-order valence-corrected chi connectivity index (χ1v) is 6.76. The molecule has 0 saturated carbocycles. The van der Waals surface area contributed by atoms with E-state index in [1.165, 1.54) is 6.07 Å². The number of ether oxygens (including phenoxy) is 1. The Balaban J connectivity index is 0.00000289. The fraction of sp³-hybridized carbons (Fsp3) is 0.455. The number of aryl methyl sites for hydroxylation is 1. The Labute approximate surface area is 114 Å². The summed E-state index contributed by atoms with van der Waals surface area (Å²) in [5, 5.41) is 0. The Morgan fingerprint density at radius 1 is 1.44 bits per heavy atom. The largest absolute Gasteiger partial charge is 0.496 e. The maximum atomic E-state index is 11.9. The van der Waals surface area contributed by atoms with E-state index in [1.54, 1.807) is 33.1 Å². The van der Waals surface area contributed by atoms with Gasteiger partial charge in [-0.05, 0) is 37.6 Å². The third-order valence-corrected chi connectivity index (χ3v) is 3.97. The molecule has 1 rings (SSSR count). The molecule has 1 aromatic rings. The predicted molar refractivity (Wildman–Crippen MR) is 73.8 cm³/mol. The van der Waals surface area contributed by atoms with E-state index < -0.39 is 10.0 Å². The van der Waals surface area contributed by atoms with E-state index in [1.807, 2.05) is 0 Å². The van der Waals surface area contributed by atoms with Gasteiger partial charge in [-0.1, -0.05) is 0 Å². The number of halogens is 1. The summed E-state index contributed by atoms with van der Waals surface area (Å²) in [7, 11) is -1.96. The quantitative estimate of drug-likeness (QED) is 0.850. The Morgan fingerprint density at radius 3 is 2.50 bits per heavy atom. The van der Waals surface area contributed by atoms with Crippen LogP contribution in [-0.2, 0) is 10.0 Å². The minimum absolute atomic E-state index is 0. The minimum Gasteiger partial charge on any atom is -0.496 e. The van der Waals surface area contributed by atoms with E-state index in [0.29, 0.717) is 5.75 Å². The lowest BCUT2D eigenvalue weighted by atomic mass is 10.2. The van der Waals surface area contributed by atoms with Crippen molar-refractivity contribution in [3.8, 4) is 5.75 Å². The Hall–Kier alpha value is -0.820. The van der Waals surface area contributed by atoms with Gasteiger partial charge >= 0.3 is 0 Å². The number of benzene rings is 1. The molecule has 0 amide bonds. The molecular formula is C11H19ClN2O3S. The van der Waals surface area contributed by atoms with Crippen molar-refractivity contribution < 1.29 is 13.2 Å². The maximum Gasteiger partial charge on any atom is 0.240 e. The summed E-state index contributed by atoms with van der Waals surface area (Å²) < 4.78 is 31.5. The second kappa shape index (κ2) is 6.94. The Kier molecular flexibility index (Phi) is 6.62. The monoisotopic (exact) mass is 294 g/mol. The third-order valence-electron chi connectivity index (χ3n) is 2.39. The van der Waals surface area contributed by atoms with Crippen LogP contribution in [0.15, 0.2) is 23.1 Å². The van der Waals surface area contributed by atoms with Crippen molar-refractivity contribution in [3.63, 3.8) is 0 Å². The van der Waals surface area contributed by atoms with Gasteiger partial charge in [0.2, 0.25) is 10.0 Å². The van der Waals surface area contributed by atoms with Crippen LogP contribution in [0.1, 0.15) is 12.5 Å². The summed E-state index contributed by atoms with van der Waals surface area (Å²) >= 11 is 0. The van der Waals surface area contributed by atoms with Crippen molar-refractivity contribution in [2.75, 3.05) is 13.7 Å². The fourth-order valence-corrected chi connectivity index (χ4v) is 2.74. The first-order valence-electron chi connectivity index (χ1n) is 5.27. The lowest BCUT2D eigenvalue weighted by Gasteiger charge is -2.13. The van der Waals surface area contributed by atoms with Crippen molar-refractivity contribution in [1.29, 1.82) is 0 Å². The molecule has 0 spiro atoms. The van der Waals surface area contributed by atoms with E-state index in [4.69, 9.17) is 10.5 Å². The normalized spacial score (nSPS) is 12.7. The van der Waals surface area contributed by atoms with Crippen LogP contribution in [0.3, 0.4) is 0 Å². The first-order chi connectivity index (χ1) is 7.90. The van der Waals surface area contributed by atoms with Crippen molar-refractivity contribution in [2.45, 2.75) is 24.8 Å². The molecule has 1 aromatic carbocycles. The van der Waals surface area contributed by atoms with Gasteiger partial charge in [-0.15, -0.1) is 12.4 Å². The number of rotatable bonds is 5. The van der Waals surface area contributed by atoms with Gasteiger partial charge in [0.05, 0.1) is 12.0 Å². The van der Waals surface area contributed by atoms with Crippen LogP contribution in [0.2, 0.25) is 0 Å². The topological polar surface area (TPSA) is 81.4 Å². The lowest BCUT2D eigenvalue weighted by Crippen LogP contribution is -2.37. The number of sulfonamides is 1. The molecule has 0 radical (unpaired) electrons. The highest BCUT2D eigenvalue weighted by Gasteiger charge is 2.17. The summed E-state index contributed by atoms with van der Waals surface area (Å²) in [5.41, 5.74) is 6.16. The molecular weight excluding hydrogens is 276 g/mol. The minimum atomic E-state index is -3.50. The van der Waals surface area contributed by atoms with Gasteiger partial charge in [-0.2, -0.15) is 0 Å². The molecule has 1 atom stereocenters. The standard InChI is InChI=1S/C11H18N2O3S.ClH/c1-8-6-10(4-5-11(8)16-3)17(14,15)13-9(2)7-12;/h4-6,9,13H,7,12H2,1-3H3;1H/t9-;/m0./s1. The zero-order chi connectivity index (χ0) is 13.1. The highest BCUT2D eigenvalue weighted by Crippen LogP contribution is 2.21. The van der Waals surface area contributed by atoms with Gasteiger partial charge in [0, 0.05) is 12.6 Å². The van der Waals surface area contributed by atoms with Crippen LogP contribution in [0.25, 0.3) is 0 Å². The van der Waals surface area contributed by atoms with Crippen molar-refractivity contribution in [2.24, 2.45) is 5.73 Å². The Morgan fingerprint density at radius 2 is 2.06 bits per heavy atom. The average Bonchev–Trinajstić information content (AvgIpc) is 2.28. The first kappa shape index (κ1) is 17.2. The summed E-state index contributed by atoms with van der Waals surface area (Å²) in [5.74, 6) is 0.663. The molecule has 18 heavy (non-hydrogen) atoms. The van der Waals surface area contributed by atoms with E-state index in [-0.39, 0.29) is 29.9 Å². The SMILES string of the molecule is COc1ccc(S(=O)(=O)N[C@@H](C)CN)cc1C.Cl. The van der Waals surface area contributed by atoms with Gasteiger partial charge in [0.15, 0.2) is 0 Å². The van der Waals surface area contributed by atoms with Gasteiger partial charge in [-0.3, -0.25) is 0 Å². The van der Waals surface area contributed by atoms with E-state index in [2.05, 4.69) is 4.72 Å². The molecule has 0 aliphatic rings. The Bertz CT molecular complexity index is 491. The second-order valence-corrected chi connectivity index (χ2v) is 5.60. The molecule has 0 saturated heterocycles. The molecule has 0 aliphatic carbocycles. The second-order valence-electron chi connectivity index (χ2n) is 3.89. The summed E-state index contributed by atoms with van der Waals surface area (Å²) in [4.78, 5) is 0.219. The molecule has 104 valence electrons. The van der Waals surface area contributed by atoms with Crippen molar-refractivity contribution >= 4 is 22.4 Å². The van der Waals surface area contributed by atoms with Crippen LogP contribution in [0, 0.1) is 6.92 Å². The molecule has 0 bridgehead atoms. The molecule has 3 N–H and O–H groups in total. The number of nitrogens with one attached hydrogen (secondary N) is 1. The van der Waals surface area contributed by atoms with Gasteiger partial charge in [-0.25, -0.2) is 13.1 Å². The third kappa shape index (κ3) is 4.13. The molecule has 0 fully saturated rings. The van der Waals surface area contributed by atoms with Gasteiger partial charge < -0.3 is 10.5 Å². The fourth-order valence-electron chi connectivity index (χ4n) is 1.40. The summed E-state index contributed by atoms with van der Waals surface area (Å²) in [6, 6.07) is 4.43. The number of nitrogens with two attached hydrogens (primary N) is 1. The van der Waals surface area contributed by atoms with Crippen LogP contribution >= 0.6 is 12.4 Å². The van der Waals surface area contributed by atoms with Crippen LogP contribution < -0.4 is 15.2 Å². The van der Waals surface area contributed by atoms with Gasteiger partial charge in [0.25, 0.3) is 0 Å². The predicted octanol–water partition coefficient (Wildman–Crippen LogP) is 1.05. The zero-order valence-corrected chi connectivity index (χ0v) is 12.3. The molecule has 0 unspecified atom stereocenters. The van der Waals surface area contributed by atoms with E-state index >= 15 is 0 Å². The highest BCUT2D eigenvalue weighted by molar-refractivity contribution is 7.89. The van der Waals surface area contributed by atoms with E-state index in [9.17, 15) is 8.42 Å². The van der Waals surface area contributed by atoms with Crippen LogP contribution in [-0.4, -0.2) is 28.1 Å². The molecule has 0 aromatic heterocycles. The number of methoxy groups -OCH3 is 1. The summed E-state index contributed by atoms with van der Waals surface area (Å²) in [6.07, 6.45) is 0. The lowest BCUT2D eigenvalue weighted by molar-refractivity contribution is 0.411. The van der Waals surface area contributed by atoms with Crippen molar-refractivity contribution in [1.82, 2.24) is 4.72 Å². The maximum absolute atomic E-state index is 11.9. The molecule has 5 nitrogen and oxygen atoms in total. The number of hydrogen-bond donors (Lipinski definition) is 2.